The van der Waals surface area contributed by atoms with Gasteiger partial charge in [-0.05, 0) is 42.0 Å². The molecule has 0 fully saturated rings. The topological polar surface area (TPSA) is 72.5 Å². The minimum Gasteiger partial charge on any atom is -0.454 e. The maximum Gasteiger partial charge on any atom is 0.270 e. The molecule has 2 aromatic carbocycles. The van der Waals surface area contributed by atoms with Gasteiger partial charge in [-0.25, -0.2) is 13.8 Å². The molecule has 2 N–H and O–H groups in total. The fourth-order valence-corrected chi connectivity index (χ4v) is 2.67. The Morgan fingerprint density at radius 1 is 1.04 bits per heavy atom. The maximum atomic E-state index is 13.7. The first-order valence-corrected chi connectivity index (χ1v) is 8.43. The molecule has 1 aliphatic rings. The first kappa shape index (κ1) is 17.7. The number of anilines is 2. The van der Waals surface area contributed by atoms with Gasteiger partial charge in [0.05, 0.1) is 17.6 Å². The summed E-state index contributed by atoms with van der Waals surface area (Å²) in [7, 11) is 0. The number of carbonyl (C=O) groups is 1. The molecule has 142 valence electrons. The number of carbonyl (C=O) groups excluding carboxylic acids is 1. The van der Waals surface area contributed by atoms with Gasteiger partial charge in [-0.3, -0.25) is 4.79 Å². The van der Waals surface area contributed by atoms with E-state index >= 15 is 0 Å². The summed E-state index contributed by atoms with van der Waals surface area (Å²) in [6, 6.07) is 11.8. The number of pyridine rings is 1. The lowest BCUT2D eigenvalue weighted by molar-refractivity contribution is 0.0946. The van der Waals surface area contributed by atoms with E-state index in [9.17, 15) is 13.6 Å². The SMILES string of the molecule is O=C(NCc1ccc2c(c1)OCO2)c1ccc(Nc2ccc(F)cc2F)cn1. The van der Waals surface area contributed by atoms with Crippen LogP contribution < -0.4 is 20.1 Å². The normalized spacial score (nSPS) is 11.9. The number of ether oxygens (including phenoxy) is 2. The van der Waals surface area contributed by atoms with E-state index < -0.39 is 11.6 Å². The van der Waals surface area contributed by atoms with E-state index in [1.165, 1.54) is 18.3 Å². The lowest BCUT2D eigenvalue weighted by Crippen LogP contribution is -2.23. The number of rotatable bonds is 5. The van der Waals surface area contributed by atoms with Gasteiger partial charge in [-0.1, -0.05) is 6.07 Å². The lowest BCUT2D eigenvalue weighted by Gasteiger charge is -2.09. The van der Waals surface area contributed by atoms with Crippen molar-refractivity contribution >= 4 is 17.3 Å². The second-order valence-electron chi connectivity index (χ2n) is 6.05. The van der Waals surface area contributed by atoms with Crippen LogP contribution in [0.4, 0.5) is 20.2 Å². The fraction of sp³-hybridized carbons (Fsp3) is 0.100. The molecule has 0 aliphatic carbocycles. The van der Waals surface area contributed by atoms with E-state index in [0.717, 1.165) is 17.7 Å². The second-order valence-corrected chi connectivity index (χ2v) is 6.05. The molecule has 3 aromatic rings. The predicted octanol–water partition coefficient (Wildman–Crippen LogP) is 3.76. The van der Waals surface area contributed by atoms with E-state index in [1.54, 1.807) is 18.2 Å². The number of benzene rings is 2. The van der Waals surface area contributed by atoms with Crippen molar-refractivity contribution in [1.29, 1.82) is 0 Å². The zero-order chi connectivity index (χ0) is 19.5. The monoisotopic (exact) mass is 383 g/mol. The van der Waals surface area contributed by atoms with E-state index in [1.807, 2.05) is 6.07 Å². The third-order valence-electron chi connectivity index (χ3n) is 4.10. The Kier molecular flexibility index (Phi) is 4.76. The Hall–Kier alpha value is -3.68. The highest BCUT2D eigenvalue weighted by Crippen LogP contribution is 2.32. The van der Waals surface area contributed by atoms with Crippen LogP contribution >= 0.6 is 0 Å². The third kappa shape index (κ3) is 3.85. The van der Waals surface area contributed by atoms with E-state index in [0.29, 0.717) is 23.7 Å². The average Bonchev–Trinajstić information content (AvgIpc) is 3.17. The van der Waals surface area contributed by atoms with Crippen LogP contribution in [0.3, 0.4) is 0 Å². The van der Waals surface area contributed by atoms with Crippen molar-refractivity contribution in [2.24, 2.45) is 0 Å². The molecule has 1 aromatic heterocycles. The molecular weight excluding hydrogens is 368 g/mol. The zero-order valence-corrected chi connectivity index (χ0v) is 14.5. The molecule has 0 radical (unpaired) electrons. The number of hydrogen-bond acceptors (Lipinski definition) is 5. The highest BCUT2D eigenvalue weighted by Gasteiger charge is 2.14. The Morgan fingerprint density at radius 2 is 1.89 bits per heavy atom. The summed E-state index contributed by atoms with van der Waals surface area (Å²) in [4.78, 5) is 16.3. The molecule has 0 saturated heterocycles. The van der Waals surface area contributed by atoms with Gasteiger partial charge in [0, 0.05) is 12.6 Å². The number of hydrogen-bond donors (Lipinski definition) is 2. The van der Waals surface area contributed by atoms with Gasteiger partial charge >= 0.3 is 0 Å². The van der Waals surface area contributed by atoms with Crippen LogP contribution in [0.2, 0.25) is 0 Å². The molecule has 0 atom stereocenters. The molecule has 6 nitrogen and oxygen atoms in total. The number of nitrogens with zero attached hydrogens (tertiary/aromatic N) is 1. The van der Waals surface area contributed by atoms with Crippen molar-refractivity contribution in [3.63, 3.8) is 0 Å². The molecule has 0 unspecified atom stereocenters. The number of halogens is 2. The third-order valence-corrected chi connectivity index (χ3v) is 4.10. The van der Waals surface area contributed by atoms with Gasteiger partial charge in [0.25, 0.3) is 5.91 Å². The summed E-state index contributed by atoms with van der Waals surface area (Å²) in [5.41, 5.74) is 1.66. The Morgan fingerprint density at radius 3 is 2.68 bits per heavy atom. The Bertz CT molecular complexity index is 1030. The minimum absolute atomic E-state index is 0.114. The maximum absolute atomic E-state index is 13.7. The fourth-order valence-electron chi connectivity index (χ4n) is 2.67. The van der Waals surface area contributed by atoms with Gasteiger partial charge in [0.1, 0.15) is 17.3 Å². The highest BCUT2D eigenvalue weighted by molar-refractivity contribution is 5.92. The van der Waals surface area contributed by atoms with Crippen molar-refractivity contribution in [3.05, 3.63) is 77.6 Å². The molecule has 8 heteroatoms. The first-order valence-electron chi connectivity index (χ1n) is 8.43. The molecule has 1 amide bonds. The van der Waals surface area contributed by atoms with Crippen LogP contribution in [0.15, 0.2) is 54.7 Å². The zero-order valence-electron chi connectivity index (χ0n) is 14.5. The van der Waals surface area contributed by atoms with Crippen molar-refractivity contribution in [3.8, 4) is 11.5 Å². The lowest BCUT2D eigenvalue weighted by atomic mass is 10.2. The van der Waals surface area contributed by atoms with E-state index in [4.69, 9.17) is 9.47 Å². The molecule has 1 aliphatic heterocycles. The Labute approximate surface area is 159 Å². The number of fused-ring (bicyclic) bond motifs is 1. The van der Waals surface area contributed by atoms with Gasteiger partial charge in [0.15, 0.2) is 11.5 Å². The molecule has 2 heterocycles. The standard InChI is InChI=1S/C20H15F2N3O3/c21-13-2-4-16(15(22)8-13)25-14-3-5-17(23-10-14)20(26)24-9-12-1-6-18-19(7-12)28-11-27-18/h1-8,10,25H,9,11H2,(H,24,26). The van der Waals surface area contributed by atoms with E-state index in [2.05, 4.69) is 15.6 Å². The van der Waals surface area contributed by atoms with Crippen LogP contribution in [0.5, 0.6) is 11.5 Å². The van der Waals surface area contributed by atoms with E-state index in [-0.39, 0.29) is 24.1 Å². The molecule has 4 rings (SSSR count). The van der Waals surface area contributed by atoms with Crippen LogP contribution in [0, 0.1) is 11.6 Å². The number of amides is 1. The average molecular weight is 383 g/mol. The summed E-state index contributed by atoms with van der Waals surface area (Å²) in [5.74, 6) is -0.399. The summed E-state index contributed by atoms with van der Waals surface area (Å²) >= 11 is 0. The summed E-state index contributed by atoms with van der Waals surface area (Å²) in [6.07, 6.45) is 1.40. The summed E-state index contributed by atoms with van der Waals surface area (Å²) in [6.45, 7) is 0.495. The van der Waals surface area contributed by atoms with Crippen LogP contribution in [0.1, 0.15) is 16.1 Å². The first-order chi connectivity index (χ1) is 13.6. The molecule has 0 saturated carbocycles. The minimum atomic E-state index is -0.717. The smallest absolute Gasteiger partial charge is 0.270 e. The van der Waals surface area contributed by atoms with Gasteiger partial charge in [-0.15, -0.1) is 0 Å². The van der Waals surface area contributed by atoms with Crippen molar-refractivity contribution in [1.82, 2.24) is 10.3 Å². The quantitative estimate of drug-likeness (QED) is 0.702. The number of aromatic nitrogens is 1. The summed E-state index contributed by atoms with van der Waals surface area (Å²) < 4.78 is 37.2. The van der Waals surface area contributed by atoms with Crippen molar-refractivity contribution in [2.75, 3.05) is 12.1 Å². The highest BCUT2D eigenvalue weighted by atomic mass is 19.1. The van der Waals surface area contributed by atoms with Crippen molar-refractivity contribution in [2.45, 2.75) is 6.54 Å². The number of nitrogens with one attached hydrogen (secondary N) is 2. The summed E-state index contributed by atoms with van der Waals surface area (Å²) in [5, 5.41) is 5.56. The Balaban J connectivity index is 1.37. The molecular formula is C20H15F2N3O3. The predicted molar refractivity (Wildman–Crippen MR) is 97.6 cm³/mol. The van der Waals surface area contributed by atoms with Crippen LogP contribution in [-0.4, -0.2) is 17.7 Å². The van der Waals surface area contributed by atoms with Crippen LogP contribution in [0.25, 0.3) is 0 Å². The van der Waals surface area contributed by atoms with Gasteiger partial charge < -0.3 is 20.1 Å². The van der Waals surface area contributed by atoms with Crippen LogP contribution in [-0.2, 0) is 6.54 Å². The molecule has 0 spiro atoms. The van der Waals surface area contributed by atoms with Gasteiger partial charge in [-0.2, -0.15) is 0 Å². The molecule has 0 bridgehead atoms. The largest absolute Gasteiger partial charge is 0.454 e. The van der Waals surface area contributed by atoms with Crippen molar-refractivity contribution < 1.29 is 23.0 Å². The second kappa shape index (κ2) is 7.51. The molecule has 28 heavy (non-hydrogen) atoms. The van der Waals surface area contributed by atoms with Gasteiger partial charge in [0.2, 0.25) is 6.79 Å².